The van der Waals surface area contributed by atoms with Crippen molar-refractivity contribution in [3.63, 3.8) is 0 Å². The fourth-order valence-electron chi connectivity index (χ4n) is 1.79. The van der Waals surface area contributed by atoms with Crippen LogP contribution in [0.3, 0.4) is 0 Å². The van der Waals surface area contributed by atoms with Crippen LogP contribution in [-0.4, -0.2) is 32.0 Å². The maximum absolute atomic E-state index is 12.0. The lowest BCUT2D eigenvalue weighted by atomic mass is 10.2. The normalized spacial score (nSPS) is 11.4. The van der Waals surface area contributed by atoms with Crippen LogP contribution in [0.1, 0.15) is 5.56 Å². The molecule has 26 heavy (non-hydrogen) atoms. The lowest BCUT2D eigenvalue weighted by Gasteiger charge is -2.05. The minimum absolute atomic E-state index is 0.0326. The zero-order valence-corrected chi connectivity index (χ0v) is 14.7. The third-order valence-electron chi connectivity index (χ3n) is 3.03. The van der Waals surface area contributed by atoms with E-state index in [-0.39, 0.29) is 10.6 Å². The molecule has 0 aromatic heterocycles. The molecular weight excluding hydrogens is 384 g/mol. The summed E-state index contributed by atoms with van der Waals surface area (Å²) in [6.07, 6.45) is 1.21. The average Bonchev–Trinajstić information content (AvgIpc) is 2.61. The van der Waals surface area contributed by atoms with E-state index in [0.717, 1.165) is 0 Å². The summed E-state index contributed by atoms with van der Waals surface area (Å²) in [5.41, 5.74) is 2.41. The molecule has 2 aromatic carbocycles. The number of nitrogens with zero attached hydrogens (tertiary/aromatic N) is 2. The largest absolute Gasteiger partial charge is 0.272 e. The Hall–Kier alpha value is -2.82. The van der Waals surface area contributed by atoms with Gasteiger partial charge in [0.25, 0.3) is 11.6 Å². The first kappa shape index (κ1) is 19.5. The molecule has 0 radical (unpaired) electrons. The smallest absolute Gasteiger partial charge is 0.270 e. The third-order valence-corrected chi connectivity index (χ3v) is 4.70. The molecule has 0 aliphatic rings. The number of nitro benzene ring substituents is 1. The van der Waals surface area contributed by atoms with Crippen LogP contribution in [0.15, 0.2) is 58.5 Å². The third kappa shape index (κ3) is 5.62. The molecule has 0 aliphatic heterocycles. The van der Waals surface area contributed by atoms with Gasteiger partial charge in [-0.1, -0.05) is 23.7 Å². The van der Waals surface area contributed by atoms with Gasteiger partial charge in [0.15, 0.2) is 0 Å². The van der Waals surface area contributed by atoms with Crippen molar-refractivity contribution in [1.82, 2.24) is 10.1 Å². The number of amides is 1. The van der Waals surface area contributed by atoms with Gasteiger partial charge in [-0.25, -0.2) is 18.6 Å². The summed E-state index contributed by atoms with van der Waals surface area (Å²) in [5.74, 6) is -0.704. The molecule has 2 rings (SSSR count). The lowest BCUT2D eigenvalue weighted by Crippen LogP contribution is -2.34. The van der Waals surface area contributed by atoms with Crippen molar-refractivity contribution >= 4 is 39.4 Å². The molecular formula is C15H13ClN4O5S. The first-order valence-electron chi connectivity index (χ1n) is 7.09. The van der Waals surface area contributed by atoms with Gasteiger partial charge in [0.2, 0.25) is 10.0 Å². The van der Waals surface area contributed by atoms with Gasteiger partial charge in [-0.3, -0.25) is 14.9 Å². The summed E-state index contributed by atoms with van der Waals surface area (Å²) in [4.78, 5) is 21.7. The molecule has 9 nitrogen and oxygen atoms in total. The Bertz CT molecular complexity index is 945. The number of carbonyl (C=O) groups excluding carboxylic acids is 1. The summed E-state index contributed by atoms with van der Waals surface area (Å²) < 4.78 is 26.1. The molecule has 0 bridgehead atoms. The van der Waals surface area contributed by atoms with Crippen LogP contribution in [0.4, 0.5) is 5.69 Å². The van der Waals surface area contributed by atoms with E-state index in [1.54, 1.807) is 6.07 Å². The molecule has 1 amide bonds. The second-order valence-corrected chi connectivity index (χ2v) is 7.13. The number of hydrogen-bond donors (Lipinski definition) is 2. The van der Waals surface area contributed by atoms with Crippen molar-refractivity contribution in [3.8, 4) is 0 Å². The topological polar surface area (TPSA) is 131 Å². The second-order valence-electron chi connectivity index (χ2n) is 4.92. The number of hydrogen-bond acceptors (Lipinski definition) is 6. The summed E-state index contributed by atoms with van der Waals surface area (Å²) in [7, 11) is -3.86. The van der Waals surface area contributed by atoms with Crippen molar-refractivity contribution in [2.45, 2.75) is 4.90 Å². The Balaban J connectivity index is 1.90. The SMILES string of the molecule is O=C(CNS(=O)(=O)c1ccc(Cl)cc1)N/N=C/c1cccc([N+](=O)[O-])c1. The summed E-state index contributed by atoms with van der Waals surface area (Å²) in [6.45, 7) is -0.531. The van der Waals surface area contributed by atoms with E-state index < -0.39 is 27.4 Å². The predicted octanol–water partition coefficient (Wildman–Crippen LogP) is 1.68. The van der Waals surface area contributed by atoms with Crippen LogP contribution < -0.4 is 10.1 Å². The van der Waals surface area contributed by atoms with Gasteiger partial charge in [-0.05, 0) is 24.3 Å². The molecule has 0 fully saturated rings. The molecule has 2 N–H and O–H groups in total. The fraction of sp³-hybridized carbons (Fsp3) is 0.0667. The number of nitro groups is 1. The van der Waals surface area contributed by atoms with Gasteiger partial charge in [0.1, 0.15) is 0 Å². The van der Waals surface area contributed by atoms with Crippen molar-refractivity contribution in [2.75, 3.05) is 6.54 Å². The van der Waals surface area contributed by atoms with Gasteiger partial charge in [-0.2, -0.15) is 5.10 Å². The number of hydrazone groups is 1. The highest BCUT2D eigenvalue weighted by atomic mass is 35.5. The van der Waals surface area contributed by atoms with E-state index in [9.17, 15) is 23.3 Å². The van der Waals surface area contributed by atoms with E-state index in [1.165, 1.54) is 48.7 Å². The quantitative estimate of drug-likeness (QED) is 0.417. The Morgan fingerprint density at radius 2 is 1.92 bits per heavy atom. The van der Waals surface area contributed by atoms with Crippen LogP contribution in [0.2, 0.25) is 5.02 Å². The highest BCUT2D eigenvalue weighted by molar-refractivity contribution is 7.89. The van der Waals surface area contributed by atoms with Gasteiger partial charge in [0.05, 0.1) is 22.6 Å². The van der Waals surface area contributed by atoms with Crippen molar-refractivity contribution in [2.24, 2.45) is 5.10 Å². The molecule has 0 aliphatic carbocycles. The number of non-ortho nitro benzene ring substituents is 1. The van der Waals surface area contributed by atoms with E-state index in [4.69, 9.17) is 11.6 Å². The Morgan fingerprint density at radius 3 is 2.58 bits per heavy atom. The molecule has 136 valence electrons. The molecule has 0 spiro atoms. The molecule has 0 heterocycles. The van der Waals surface area contributed by atoms with E-state index in [2.05, 4.69) is 15.2 Å². The highest BCUT2D eigenvalue weighted by Crippen LogP contribution is 2.13. The highest BCUT2D eigenvalue weighted by Gasteiger charge is 2.15. The van der Waals surface area contributed by atoms with Crippen LogP contribution in [0.5, 0.6) is 0 Å². The van der Waals surface area contributed by atoms with E-state index in [0.29, 0.717) is 10.6 Å². The van der Waals surface area contributed by atoms with Crippen LogP contribution in [0, 0.1) is 10.1 Å². The maximum Gasteiger partial charge on any atom is 0.270 e. The van der Waals surface area contributed by atoms with Crippen molar-refractivity contribution in [3.05, 3.63) is 69.2 Å². The van der Waals surface area contributed by atoms with Gasteiger partial charge < -0.3 is 0 Å². The standard InChI is InChI=1S/C15H13ClN4O5S/c16-12-4-6-14(7-5-12)26(24,25)18-10-15(21)19-17-9-11-2-1-3-13(8-11)20(22)23/h1-9,18H,10H2,(H,19,21)/b17-9+. The predicted molar refractivity (Wildman–Crippen MR) is 95.5 cm³/mol. The molecule has 0 unspecified atom stereocenters. The van der Waals surface area contributed by atoms with E-state index >= 15 is 0 Å². The van der Waals surface area contributed by atoms with Crippen LogP contribution in [-0.2, 0) is 14.8 Å². The van der Waals surface area contributed by atoms with Crippen LogP contribution in [0.25, 0.3) is 0 Å². The zero-order valence-electron chi connectivity index (χ0n) is 13.1. The summed E-state index contributed by atoms with van der Waals surface area (Å²) >= 11 is 5.69. The monoisotopic (exact) mass is 396 g/mol. The van der Waals surface area contributed by atoms with Gasteiger partial charge in [-0.15, -0.1) is 0 Å². The van der Waals surface area contributed by atoms with Crippen molar-refractivity contribution < 1.29 is 18.1 Å². The Labute approximate surface area is 153 Å². The first-order chi connectivity index (χ1) is 12.3. The maximum atomic E-state index is 12.0. The summed E-state index contributed by atoms with van der Waals surface area (Å²) in [5, 5.41) is 14.7. The zero-order chi connectivity index (χ0) is 19.2. The molecule has 0 saturated heterocycles. The Kier molecular flexibility index (Phi) is 6.39. The number of benzene rings is 2. The minimum Gasteiger partial charge on any atom is -0.272 e. The first-order valence-corrected chi connectivity index (χ1v) is 8.95. The molecule has 2 aromatic rings. The number of halogens is 1. The lowest BCUT2D eigenvalue weighted by molar-refractivity contribution is -0.384. The Morgan fingerprint density at radius 1 is 1.23 bits per heavy atom. The second kappa shape index (κ2) is 8.52. The van der Waals surface area contributed by atoms with Crippen LogP contribution >= 0.6 is 11.6 Å². The summed E-state index contributed by atoms with van der Waals surface area (Å²) in [6, 6.07) is 11.1. The minimum atomic E-state index is -3.86. The van der Waals surface area contributed by atoms with E-state index in [1.807, 2.05) is 0 Å². The molecule has 11 heteroatoms. The van der Waals surface area contributed by atoms with Gasteiger partial charge in [0, 0.05) is 22.7 Å². The fourth-order valence-corrected chi connectivity index (χ4v) is 2.90. The number of sulfonamides is 1. The number of rotatable bonds is 7. The number of nitrogens with one attached hydrogen (secondary N) is 2. The van der Waals surface area contributed by atoms with Gasteiger partial charge >= 0.3 is 0 Å². The average molecular weight is 397 g/mol. The van der Waals surface area contributed by atoms with Crippen molar-refractivity contribution in [1.29, 1.82) is 0 Å². The number of carbonyl (C=O) groups is 1. The molecule has 0 atom stereocenters. The molecule has 0 saturated carbocycles.